The number of thioether (sulfide) groups is 1. The van der Waals surface area contributed by atoms with Gasteiger partial charge in [0.2, 0.25) is 15.9 Å². The molecule has 0 aliphatic heterocycles. The summed E-state index contributed by atoms with van der Waals surface area (Å²) in [5, 5.41) is 2.70. The summed E-state index contributed by atoms with van der Waals surface area (Å²) in [6.45, 7) is 1.54. The summed E-state index contributed by atoms with van der Waals surface area (Å²) in [7, 11) is -1.98. The van der Waals surface area contributed by atoms with Crippen LogP contribution in [0.5, 0.6) is 5.75 Å². The predicted octanol–water partition coefficient (Wildman–Crippen LogP) is 1.90. The van der Waals surface area contributed by atoms with E-state index in [1.807, 2.05) is 6.26 Å². The number of amides is 1. The molecule has 10 heteroatoms. The van der Waals surface area contributed by atoms with Crippen LogP contribution in [0.1, 0.15) is 13.3 Å². The van der Waals surface area contributed by atoms with Crippen LogP contribution < -0.4 is 20.5 Å². The molecule has 1 aromatic carbocycles. The molecule has 0 aliphatic rings. The van der Waals surface area contributed by atoms with Crippen LogP contribution in [0.4, 0.5) is 11.4 Å². The molecule has 1 amide bonds. The summed E-state index contributed by atoms with van der Waals surface area (Å²) in [5.41, 5.74) is 6.61. The number of methoxy groups -OCH3 is 1. The van der Waals surface area contributed by atoms with E-state index < -0.39 is 16.1 Å². The number of nitrogens with two attached hydrogens (primary N) is 1. The lowest BCUT2D eigenvalue weighted by Crippen LogP contribution is -2.36. The number of ether oxygens (including phenoxy) is 1. The summed E-state index contributed by atoms with van der Waals surface area (Å²) in [4.78, 5) is 12.0. The Morgan fingerprint density at radius 3 is 2.62 bits per heavy atom. The maximum absolute atomic E-state index is 12.0. The van der Waals surface area contributed by atoms with Gasteiger partial charge < -0.3 is 15.8 Å². The van der Waals surface area contributed by atoms with Gasteiger partial charge in [-0.25, -0.2) is 8.42 Å². The summed E-state index contributed by atoms with van der Waals surface area (Å²) in [5.74, 6) is 0.787. The van der Waals surface area contributed by atoms with Gasteiger partial charge >= 0.3 is 0 Å². The molecule has 0 heterocycles. The van der Waals surface area contributed by atoms with Crippen molar-refractivity contribution in [1.29, 1.82) is 0 Å². The van der Waals surface area contributed by atoms with Crippen LogP contribution in [-0.2, 0) is 14.8 Å². The van der Waals surface area contributed by atoms with Crippen LogP contribution in [0.2, 0.25) is 0 Å². The van der Waals surface area contributed by atoms with E-state index in [-0.39, 0.29) is 24.1 Å². The first-order valence-corrected chi connectivity index (χ1v) is 10.1. The van der Waals surface area contributed by atoms with Gasteiger partial charge in [-0.2, -0.15) is 11.8 Å². The molecule has 0 aliphatic carbocycles. The summed E-state index contributed by atoms with van der Waals surface area (Å²) in [6.07, 6.45) is 2.53. The Kier molecular flexibility index (Phi) is 10.1. The second kappa shape index (κ2) is 10.7. The minimum atomic E-state index is -3.40. The van der Waals surface area contributed by atoms with Crippen molar-refractivity contribution in [1.82, 2.24) is 0 Å². The zero-order chi connectivity index (χ0) is 17.5. The van der Waals surface area contributed by atoms with Crippen LogP contribution in [0.3, 0.4) is 0 Å². The third-order valence-corrected chi connectivity index (χ3v) is 5.02. The van der Waals surface area contributed by atoms with Crippen molar-refractivity contribution in [2.45, 2.75) is 19.4 Å². The van der Waals surface area contributed by atoms with Gasteiger partial charge in [-0.1, -0.05) is 0 Å². The van der Waals surface area contributed by atoms with Crippen LogP contribution in [0.15, 0.2) is 18.2 Å². The average Bonchev–Trinajstić information content (AvgIpc) is 2.53. The Balaban J connectivity index is 0.00000529. The summed E-state index contributed by atoms with van der Waals surface area (Å²) in [6, 6.07) is 4.09. The van der Waals surface area contributed by atoms with Crippen molar-refractivity contribution in [2.75, 3.05) is 34.9 Å². The molecule has 0 aromatic heterocycles. The molecule has 0 bridgehead atoms. The van der Waals surface area contributed by atoms with Crippen molar-refractivity contribution < 1.29 is 17.9 Å². The molecule has 138 valence electrons. The van der Waals surface area contributed by atoms with E-state index in [2.05, 4.69) is 10.0 Å². The maximum atomic E-state index is 12.0. The molecule has 4 N–H and O–H groups in total. The molecule has 1 rings (SSSR count). The fourth-order valence-electron chi connectivity index (χ4n) is 1.70. The fourth-order valence-corrected chi connectivity index (χ4v) is 2.84. The number of sulfonamides is 1. The number of halogens is 1. The highest BCUT2D eigenvalue weighted by molar-refractivity contribution is 7.98. The van der Waals surface area contributed by atoms with Crippen molar-refractivity contribution in [2.24, 2.45) is 5.73 Å². The Hall–Kier alpha value is -1.16. The maximum Gasteiger partial charge on any atom is 0.241 e. The van der Waals surface area contributed by atoms with Crippen LogP contribution in [0, 0.1) is 0 Å². The molecular weight excluding hydrogens is 374 g/mol. The van der Waals surface area contributed by atoms with Crippen molar-refractivity contribution in [3.05, 3.63) is 18.2 Å². The molecule has 0 fully saturated rings. The molecule has 1 aromatic rings. The lowest BCUT2D eigenvalue weighted by atomic mass is 10.2. The Labute approximate surface area is 153 Å². The zero-order valence-corrected chi connectivity index (χ0v) is 16.3. The first-order chi connectivity index (χ1) is 10.8. The lowest BCUT2D eigenvalue weighted by Gasteiger charge is -2.15. The van der Waals surface area contributed by atoms with Gasteiger partial charge in [0.15, 0.2) is 0 Å². The Morgan fingerprint density at radius 2 is 2.08 bits per heavy atom. The van der Waals surface area contributed by atoms with E-state index in [0.29, 0.717) is 23.5 Å². The number of carbonyl (C=O) groups is 1. The number of rotatable bonds is 9. The fraction of sp³-hybridized carbons (Fsp3) is 0.500. The third kappa shape index (κ3) is 7.16. The molecule has 24 heavy (non-hydrogen) atoms. The molecule has 1 atom stereocenters. The van der Waals surface area contributed by atoms with E-state index >= 15 is 0 Å². The molecule has 0 unspecified atom stereocenters. The van der Waals surface area contributed by atoms with Crippen molar-refractivity contribution >= 4 is 51.5 Å². The van der Waals surface area contributed by atoms with Gasteiger partial charge in [0, 0.05) is 11.8 Å². The van der Waals surface area contributed by atoms with E-state index in [1.54, 1.807) is 30.8 Å². The first-order valence-electron chi connectivity index (χ1n) is 7.06. The van der Waals surface area contributed by atoms with Gasteiger partial charge in [0.1, 0.15) is 5.75 Å². The van der Waals surface area contributed by atoms with Crippen LogP contribution >= 0.6 is 24.2 Å². The topological polar surface area (TPSA) is 111 Å². The van der Waals surface area contributed by atoms with Crippen molar-refractivity contribution in [3.8, 4) is 5.75 Å². The highest BCUT2D eigenvalue weighted by Gasteiger charge is 2.15. The predicted molar refractivity (Wildman–Crippen MR) is 103 cm³/mol. The van der Waals surface area contributed by atoms with Gasteiger partial charge in [-0.15, -0.1) is 12.4 Å². The third-order valence-electron chi connectivity index (χ3n) is 3.08. The first kappa shape index (κ1) is 22.8. The minimum absolute atomic E-state index is 0. The largest absolute Gasteiger partial charge is 0.494 e. The molecule has 0 saturated carbocycles. The second-order valence-electron chi connectivity index (χ2n) is 4.80. The van der Waals surface area contributed by atoms with E-state index in [4.69, 9.17) is 10.5 Å². The number of hydrogen-bond donors (Lipinski definition) is 3. The quantitative estimate of drug-likeness (QED) is 0.586. The van der Waals surface area contributed by atoms with Crippen LogP contribution in [-0.4, -0.2) is 45.2 Å². The molecule has 0 saturated heterocycles. The number of carbonyl (C=O) groups excluding carboxylic acids is 1. The van der Waals surface area contributed by atoms with Gasteiger partial charge in [0.05, 0.1) is 24.6 Å². The second-order valence-corrected chi connectivity index (χ2v) is 7.79. The number of nitrogens with one attached hydrogen (secondary N) is 2. The highest BCUT2D eigenvalue weighted by atomic mass is 35.5. The van der Waals surface area contributed by atoms with Gasteiger partial charge in [0.25, 0.3) is 0 Å². The average molecular weight is 398 g/mol. The molecule has 0 spiro atoms. The molecule has 0 radical (unpaired) electrons. The Morgan fingerprint density at radius 1 is 1.42 bits per heavy atom. The summed E-state index contributed by atoms with van der Waals surface area (Å²) < 4.78 is 30.9. The van der Waals surface area contributed by atoms with Crippen molar-refractivity contribution in [3.63, 3.8) is 0 Å². The zero-order valence-electron chi connectivity index (χ0n) is 13.9. The number of benzene rings is 1. The minimum Gasteiger partial charge on any atom is -0.494 e. The standard InChI is InChI=1S/C14H23N3O4S2.ClH/c1-4-23(19,20)17-12-6-5-10(9-13(12)21-2)16-14(18)11(15)7-8-22-3;/h5-6,9,11,17H,4,7-8,15H2,1-3H3,(H,16,18);1H/t11-;/m0./s1. The van der Waals surface area contributed by atoms with E-state index in [1.165, 1.54) is 13.2 Å². The summed E-state index contributed by atoms with van der Waals surface area (Å²) >= 11 is 1.62. The van der Waals surface area contributed by atoms with E-state index in [9.17, 15) is 13.2 Å². The molecule has 7 nitrogen and oxygen atoms in total. The molecular formula is C14H24ClN3O4S2. The SMILES string of the molecule is CCS(=O)(=O)Nc1ccc(NC(=O)[C@@H](N)CCSC)cc1OC.Cl. The van der Waals surface area contributed by atoms with Gasteiger partial charge in [-0.05, 0) is 37.5 Å². The van der Waals surface area contributed by atoms with Crippen LogP contribution in [0.25, 0.3) is 0 Å². The lowest BCUT2D eigenvalue weighted by molar-refractivity contribution is -0.117. The van der Waals surface area contributed by atoms with Gasteiger partial charge in [-0.3, -0.25) is 9.52 Å². The normalized spacial score (nSPS) is 12.0. The highest BCUT2D eigenvalue weighted by Crippen LogP contribution is 2.29. The number of hydrogen-bond acceptors (Lipinski definition) is 6. The monoisotopic (exact) mass is 397 g/mol. The Bertz CT molecular complexity index is 641. The smallest absolute Gasteiger partial charge is 0.241 e. The van der Waals surface area contributed by atoms with E-state index in [0.717, 1.165) is 5.75 Å². The number of anilines is 2.